The van der Waals surface area contributed by atoms with Crippen LogP contribution >= 0.6 is 0 Å². The molecule has 0 bridgehead atoms. The summed E-state index contributed by atoms with van der Waals surface area (Å²) in [5.41, 5.74) is 4.71. The standard InChI is InChI=1S/C28H34O/c29-28(16-14-20-13-15-24(17-20)21-7-1-2-8-21)27-19-25(22-9-3-4-10-22)18-26(27)23-11-5-6-12-23/h1-7,9,11,20,24-27H,8,10,12-19H2. The Kier molecular flexibility index (Phi) is 5.57. The first-order chi connectivity index (χ1) is 14.3. The highest BCUT2D eigenvalue weighted by Crippen LogP contribution is 2.48. The van der Waals surface area contributed by atoms with Gasteiger partial charge in [0.15, 0.2) is 0 Å². The fourth-order valence-corrected chi connectivity index (χ4v) is 6.58. The second kappa shape index (κ2) is 8.46. The third kappa shape index (κ3) is 4.06. The molecular weight excluding hydrogens is 352 g/mol. The maximum atomic E-state index is 13.4. The van der Waals surface area contributed by atoms with E-state index in [2.05, 4.69) is 54.7 Å². The number of hydrogen-bond donors (Lipinski definition) is 0. The molecule has 1 nitrogen and oxygen atoms in total. The van der Waals surface area contributed by atoms with Gasteiger partial charge in [-0.15, -0.1) is 0 Å². The molecule has 0 amide bonds. The van der Waals surface area contributed by atoms with Crippen molar-refractivity contribution in [2.75, 3.05) is 0 Å². The average Bonchev–Trinajstić information content (AvgIpc) is 3.56. The van der Waals surface area contributed by atoms with Crippen molar-refractivity contribution in [2.45, 2.75) is 64.2 Å². The number of carbonyl (C=O) groups excluding carboxylic acids is 1. The molecule has 5 aliphatic rings. The van der Waals surface area contributed by atoms with Crippen molar-refractivity contribution < 1.29 is 4.79 Å². The lowest BCUT2D eigenvalue weighted by Gasteiger charge is -2.20. The first-order valence-corrected chi connectivity index (χ1v) is 11.9. The topological polar surface area (TPSA) is 17.1 Å². The van der Waals surface area contributed by atoms with Crippen LogP contribution in [0.5, 0.6) is 0 Å². The molecule has 0 aromatic heterocycles. The summed E-state index contributed by atoms with van der Waals surface area (Å²) in [5, 5.41) is 0. The van der Waals surface area contributed by atoms with Crippen LogP contribution in [0.15, 0.2) is 71.4 Å². The van der Waals surface area contributed by atoms with E-state index in [1.165, 1.54) is 31.3 Å². The maximum absolute atomic E-state index is 13.4. The van der Waals surface area contributed by atoms with E-state index < -0.39 is 0 Å². The van der Waals surface area contributed by atoms with Gasteiger partial charge in [-0.3, -0.25) is 4.79 Å². The van der Waals surface area contributed by atoms with Gasteiger partial charge in [-0.05, 0) is 81.5 Å². The first-order valence-electron chi connectivity index (χ1n) is 11.9. The zero-order chi connectivity index (χ0) is 19.6. The Bertz CT molecular complexity index is 830. The Balaban J connectivity index is 1.18. The molecule has 0 aromatic carbocycles. The molecule has 5 unspecified atom stereocenters. The fraction of sp³-hybridized carbons (Fsp3) is 0.536. The minimum atomic E-state index is 0.256. The molecule has 29 heavy (non-hydrogen) atoms. The third-order valence-electron chi connectivity index (χ3n) is 8.24. The van der Waals surface area contributed by atoms with Gasteiger partial charge in [0, 0.05) is 12.3 Å². The maximum Gasteiger partial charge on any atom is 0.136 e. The van der Waals surface area contributed by atoms with E-state index in [4.69, 9.17) is 0 Å². The molecule has 5 atom stereocenters. The predicted molar refractivity (Wildman–Crippen MR) is 120 cm³/mol. The lowest BCUT2D eigenvalue weighted by atomic mass is 9.83. The van der Waals surface area contributed by atoms with E-state index in [0.29, 0.717) is 17.6 Å². The molecule has 152 valence electrons. The van der Waals surface area contributed by atoms with Crippen LogP contribution in [-0.2, 0) is 4.79 Å². The second-order valence-electron chi connectivity index (χ2n) is 9.88. The number of ketones is 1. The van der Waals surface area contributed by atoms with Crippen LogP contribution in [0.25, 0.3) is 0 Å². The summed E-state index contributed by atoms with van der Waals surface area (Å²) in [5.74, 6) is 3.45. The summed E-state index contributed by atoms with van der Waals surface area (Å²) < 4.78 is 0. The van der Waals surface area contributed by atoms with Gasteiger partial charge in [-0.1, -0.05) is 71.4 Å². The van der Waals surface area contributed by atoms with Gasteiger partial charge in [-0.25, -0.2) is 0 Å². The molecule has 0 aromatic rings. The van der Waals surface area contributed by atoms with Gasteiger partial charge in [0.05, 0.1) is 0 Å². The van der Waals surface area contributed by atoms with Crippen LogP contribution in [0.2, 0.25) is 0 Å². The molecular formula is C28H34O. The van der Waals surface area contributed by atoms with Crippen LogP contribution in [0.4, 0.5) is 0 Å². The Labute approximate surface area is 176 Å². The van der Waals surface area contributed by atoms with Crippen LogP contribution in [0.1, 0.15) is 64.2 Å². The monoisotopic (exact) mass is 386 g/mol. The molecule has 2 saturated carbocycles. The van der Waals surface area contributed by atoms with Gasteiger partial charge in [0.1, 0.15) is 5.78 Å². The van der Waals surface area contributed by atoms with Crippen molar-refractivity contribution >= 4 is 5.78 Å². The van der Waals surface area contributed by atoms with Crippen LogP contribution in [-0.4, -0.2) is 5.78 Å². The normalized spacial score (nSPS) is 35.4. The smallest absolute Gasteiger partial charge is 0.136 e. The summed E-state index contributed by atoms with van der Waals surface area (Å²) >= 11 is 0. The average molecular weight is 387 g/mol. The minimum absolute atomic E-state index is 0.256. The number of allylic oxidation sites excluding steroid dienone is 12. The zero-order valence-corrected chi connectivity index (χ0v) is 17.6. The van der Waals surface area contributed by atoms with E-state index >= 15 is 0 Å². The molecule has 0 saturated heterocycles. The van der Waals surface area contributed by atoms with E-state index in [-0.39, 0.29) is 5.92 Å². The first kappa shape index (κ1) is 19.1. The van der Waals surface area contributed by atoms with Crippen molar-refractivity contribution in [1.82, 2.24) is 0 Å². The van der Waals surface area contributed by atoms with E-state index in [1.54, 1.807) is 11.1 Å². The van der Waals surface area contributed by atoms with Crippen molar-refractivity contribution in [3.8, 4) is 0 Å². The van der Waals surface area contributed by atoms with Crippen LogP contribution < -0.4 is 0 Å². The summed E-state index contributed by atoms with van der Waals surface area (Å²) in [7, 11) is 0. The van der Waals surface area contributed by atoms with E-state index in [9.17, 15) is 4.79 Å². The third-order valence-corrected chi connectivity index (χ3v) is 8.24. The van der Waals surface area contributed by atoms with Crippen molar-refractivity contribution in [3.05, 3.63) is 71.4 Å². The predicted octanol–water partition coefficient (Wildman–Crippen LogP) is 7.05. The van der Waals surface area contributed by atoms with Crippen molar-refractivity contribution in [2.24, 2.45) is 29.6 Å². The molecule has 5 aliphatic carbocycles. The number of hydrogen-bond acceptors (Lipinski definition) is 1. The minimum Gasteiger partial charge on any atom is -0.299 e. The molecule has 1 heteroatoms. The summed E-state index contributed by atoms with van der Waals surface area (Å²) in [6.07, 6.45) is 31.8. The molecule has 5 rings (SSSR count). The molecule has 0 spiro atoms. The lowest BCUT2D eigenvalue weighted by Crippen LogP contribution is -2.21. The Morgan fingerprint density at radius 2 is 1.41 bits per heavy atom. The molecule has 0 N–H and O–H groups in total. The van der Waals surface area contributed by atoms with Crippen LogP contribution in [0.3, 0.4) is 0 Å². The van der Waals surface area contributed by atoms with Gasteiger partial charge >= 0.3 is 0 Å². The molecule has 0 radical (unpaired) electrons. The number of rotatable bonds is 7. The Morgan fingerprint density at radius 3 is 2.07 bits per heavy atom. The molecule has 0 aliphatic heterocycles. The van der Waals surface area contributed by atoms with Gasteiger partial charge in [0.2, 0.25) is 0 Å². The van der Waals surface area contributed by atoms with Crippen LogP contribution in [0, 0.1) is 29.6 Å². The van der Waals surface area contributed by atoms with Crippen molar-refractivity contribution in [1.29, 1.82) is 0 Å². The van der Waals surface area contributed by atoms with Gasteiger partial charge in [-0.2, -0.15) is 0 Å². The Hall–Kier alpha value is -1.89. The molecule has 2 fully saturated rings. The highest BCUT2D eigenvalue weighted by Gasteiger charge is 2.41. The number of carbonyl (C=O) groups is 1. The summed E-state index contributed by atoms with van der Waals surface area (Å²) in [4.78, 5) is 13.4. The highest BCUT2D eigenvalue weighted by molar-refractivity contribution is 5.82. The highest BCUT2D eigenvalue weighted by atomic mass is 16.1. The lowest BCUT2D eigenvalue weighted by molar-refractivity contribution is -0.123. The van der Waals surface area contributed by atoms with E-state index in [0.717, 1.165) is 50.4 Å². The number of Topliss-reactive ketones (excluding diaryl/α,β-unsaturated/α-hetero) is 1. The summed E-state index contributed by atoms with van der Waals surface area (Å²) in [6.45, 7) is 0. The Morgan fingerprint density at radius 1 is 0.759 bits per heavy atom. The van der Waals surface area contributed by atoms with Crippen molar-refractivity contribution in [3.63, 3.8) is 0 Å². The second-order valence-corrected chi connectivity index (χ2v) is 9.88. The largest absolute Gasteiger partial charge is 0.299 e. The quantitative estimate of drug-likeness (QED) is 0.458. The summed E-state index contributed by atoms with van der Waals surface area (Å²) in [6, 6.07) is 0. The fourth-order valence-electron chi connectivity index (χ4n) is 6.58. The van der Waals surface area contributed by atoms with Gasteiger partial charge < -0.3 is 0 Å². The zero-order valence-electron chi connectivity index (χ0n) is 17.6. The SMILES string of the molecule is O=C(CCC1CCC(C2=CC=CC2)C1)C1CC(C2=CC=CC2)CC1C1=CC=CC1. The molecule has 0 heterocycles. The van der Waals surface area contributed by atoms with Gasteiger partial charge in [0.25, 0.3) is 0 Å². The van der Waals surface area contributed by atoms with E-state index in [1.807, 2.05) is 0 Å².